The van der Waals surface area contributed by atoms with Crippen molar-refractivity contribution in [2.45, 2.75) is 46.1 Å². The van der Waals surface area contributed by atoms with Crippen molar-refractivity contribution in [1.82, 2.24) is 9.38 Å². The normalized spacial score (nSPS) is 15.1. The van der Waals surface area contributed by atoms with Crippen molar-refractivity contribution in [2.75, 3.05) is 23.3 Å². The van der Waals surface area contributed by atoms with Gasteiger partial charge in [0, 0.05) is 35.6 Å². The third kappa shape index (κ3) is 4.17. The van der Waals surface area contributed by atoms with Gasteiger partial charge in [-0.15, -0.1) is 0 Å². The minimum Gasteiger partial charge on any atom is -0.478 e. The van der Waals surface area contributed by atoms with Gasteiger partial charge in [0.25, 0.3) is 5.56 Å². The van der Waals surface area contributed by atoms with Gasteiger partial charge in [-0.3, -0.25) is 9.20 Å². The number of hydrogen-bond acceptors (Lipinski definition) is 5. The highest BCUT2D eigenvalue weighted by Gasteiger charge is 2.21. The summed E-state index contributed by atoms with van der Waals surface area (Å²) >= 11 is 5.99. The van der Waals surface area contributed by atoms with E-state index in [0.29, 0.717) is 21.9 Å². The molecule has 4 rings (SSSR count). The molecule has 1 atom stereocenters. The number of carboxylic acid groups (broad SMARTS) is 1. The van der Waals surface area contributed by atoms with E-state index >= 15 is 0 Å². The third-order valence-corrected chi connectivity index (χ3v) is 6.23. The van der Waals surface area contributed by atoms with Gasteiger partial charge in [-0.05, 0) is 69.9 Å². The van der Waals surface area contributed by atoms with E-state index in [1.54, 1.807) is 22.7 Å². The van der Waals surface area contributed by atoms with E-state index in [9.17, 15) is 14.7 Å². The molecule has 0 aliphatic carbocycles. The molecule has 0 unspecified atom stereocenters. The van der Waals surface area contributed by atoms with Crippen molar-refractivity contribution >= 4 is 34.7 Å². The summed E-state index contributed by atoms with van der Waals surface area (Å²) in [5.74, 6) is -0.321. The van der Waals surface area contributed by atoms with Crippen LogP contribution in [0.4, 0.5) is 11.5 Å². The van der Waals surface area contributed by atoms with Crippen LogP contribution < -0.4 is 15.8 Å². The van der Waals surface area contributed by atoms with Gasteiger partial charge in [-0.1, -0.05) is 11.6 Å². The van der Waals surface area contributed by atoms with Crippen LogP contribution in [0.15, 0.2) is 35.3 Å². The van der Waals surface area contributed by atoms with Crippen molar-refractivity contribution < 1.29 is 9.90 Å². The van der Waals surface area contributed by atoms with Gasteiger partial charge in [-0.25, -0.2) is 9.78 Å². The predicted octanol–water partition coefficient (Wildman–Crippen LogP) is 4.83. The van der Waals surface area contributed by atoms with Gasteiger partial charge in [0.1, 0.15) is 11.5 Å². The highest BCUT2D eigenvalue weighted by atomic mass is 35.5. The molecule has 168 valence electrons. The smallest absolute Gasteiger partial charge is 0.337 e. The number of carbonyl (C=O) groups is 1. The van der Waals surface area contributed by atoms with Crippen molar-refractivity contribution in [3.8, 4) is 0 Å². The molecule has 1 saturated heterocycles. The fraction of sp³-hybridized carbons (Fsp3) is 0.375. The number of rotatable bonds is 5. The van der Waals surface area contributed by atoms with E-state index in [0.717, 1.165) is 42.9 Å². The maximum Gasteiger partial charge on any atom is 0.337 e. The Hall–Kier alpha value is -3.06. The number of benzene rings is 1. The fourth-order valence-corrected chi connectivity index (χ4v) is 4.52. The lowest BCUT2D eigenvalue weighted by atomic mass is 10.1. The minimum absolute atomic E-state index is 0.0783. The lowest BCUT2D eigenvalue weighted by molar-refractivity contribution is 0.0698. The number of hydrogen-bond donors (Lipinski definition) is 2. The van der Waals surface area contributed by atoms with Crippen LogP contribution >= 0.6 is 11.6 Å². The van der Waals surface area contributed by atoms with E-state index < -0.39 is 5.97 Å². The molecule has 3 aromatic rings. The van der Waals surface area contributed by atoms with Gasteiger partial charge < -0.3 is 15.3 Å². The van der Waals surface area contributed by atoms with Crippen molar-refractivity contribution in [2.24, 2.45) is 0 Å². The van der Waals surface area contributed by atoms with E-state index in [1.165, 1.54) is 12.5 Å². The molecule has 1 fully saturated rings. The molecular formula is C24H27ClN4O3. The van der Waals surface area contributed by atoms with Crippen LogP contribution in [-0.4, -0.2) is 33.6 Å². The van der Waals surface area contributed by atoms with E-state index in [1.807, 2.05) is 26.8 Å². The average molecular weight is 455 g/mol. The zero-order chi connectivity index (χ0) is 23.0. The zero-order valence-corrected chi connectivity index (χ0v) is 19.2. The van der Waals surface area contributed by atoms with Gasteiger partial charge in [-0.2, -0.15) is 0 Å². The molecule has 0 spiro atoms. The van der Waals surface area contributed by atoms with E-state index in [2.05, 4.69) is 10.2 Å². The summed E-state index contributed by atoms with van der Waals surface area (Å²) in [6.45, 7) is 7.49. The largest absolute Gasteiger partial charge is 0.478 e. The zero-order valence-electron chi connectivity index (χ0n) is 18.5. The van der Waals surface area contributed by atoms with Crippen LogP contribution in [0, 0.1) is 13.8 Å². The molecule has 3 heterocycles. The SMILES string of the molecule is Cc1cc([C@@H](C)Nc2ccc(Cl)cc2C(=O)O)c2nc(N3CCCCC3)c(C)c(=O)n2c1. The standard InChI is InChI=1S/C24H27ClN4O3/c1-14-11-18(16(3)26-20-8-7-17(25)12-19(20)24(31)32)22-27-21(28-9-5-4-6-10-28)15(2)23(30)29(22)13-14/h7-8,11-13,16,26H,4-6,9-10H2,1-3H3,(H,31,32)/t16-/m1/s1. The molecule has 1 aliphatic heterocycles. The summed E-state index contributed by atoms with van der Waals surface area (Å²) in [7, 11) is 0. The first-order chi connectivity index (χ1) is 15.3. The number of fused-ring (bicyclic) bond motifs is 1. The number of pyridine rings is 1. The maximum atomic E-state index is 13.2. The van der Waals surface area contributed by atoms with Gasteiger partial charge in [0.15, 0.2) is 0 Å². The number of nitrogens with one attached hydrogen (secondary N) is 1. The Morgan fingerprint density at radius 3 is 2.59 bits per heavy atom. The predicted molar refractivity (Wildman–Crippen MR) is 127 cm³/mol. The number of nitrogens with zero attached hydrogens (tertiary/aromatic N) is 3. The number of aromatic nitrogens is 2. The lowest BCUT2D eigenvalue weighted by Gasteiger charge is -2.29. The maximum absolute atomic E-state index is 13.2. The molecule has 0 amide bonds. The van der Waals surface area contributed by atoms with E-state index in [4.69, 9.17) is 16.6 Å². The molecule has 0 saturated carbocycles. The number of carboxylic acids is 1. The number of anilines is 2. The number of halogens is 1. The summed E-state index contributed by atoms with van der Waals surface area (Å²) < 4.78 is 1.60. The number of aromatic carboxylic acids is 1. The van der Waals surface area contributed by atoms with Crippen LogP contribution in [0.3, 0.4) is 0 Å². The molecule has 2 N–H and O–H groups in total. The summed E-state index contributed by atoms with van der Waals surface area (Å²) in [5.41, 5.74) is 3.45. The summed E-state index contributed by atoms with van der Waals surface area (Å²) in [6.07, 6.45) is 5.18. The first-order valence-corrected chi connectivity index (χ1v) is 11.2. The van der Waals surface area contributed by atoms with Gasteiger partial charge in [0.05, 0.1) is 17.2 Å². The Balaban J connectivity index is 1.82. The van der Waals surface area contributed by atoms with Crippen molar-refractivity contribution in [1.29, 1.82) is 0 Å². The topological polar surface area (TPSA) is 86.9 Å². The minimum atomic E-state index is -1.06. The quantitative estimate of drug-likeness (QED) is 0.574. The number of aryl methyl sites for hydroxylation is 1. The van der Waals surface area contributed by atoms with Gasteiger partial charge >= 0.3 is 5.97 Å². The van der Waals surface area contributed by atoms with Crippen LogP contribution in [0.1, 0.15) is 59.3 Å². The highest BCUT2D eigenvalue weighted by molar-refractivity contribution is 6.31. The first-order valence-electron chi connectivity index (χ1n) is 10.8. The Morgan fingerprint density at radius 1 is 1.19 bits per heavy atom. The van der Waals surface area contributed by atoms with E-state index in [-0.39, 0.29) is 17.2 Å². The third-order valence-electron chi connectivity index (χ3n) is 6.00. The summed E-state index contributed by atoms with van der Waals surface area (Å²) in [5, 5.41) is 13.2. The first kappa shape index (κ1) is 22.1. The molecule has 32 heavy (non-hydrogen) atoms. The van der Waals surface area contributed by atoms with Crippen LogP contribution in [-0.2, 0) is 0 Å². The molecule has 1 aromatic carbocycles. The van der Waals surface area contributed by atoms with Gasteiger partial charge in [0.2, 0.25) is 0 Å². The monoisotopic (exact) mass is 454 g/mol. The molecule has 7 nitrogen and oxygen atoms in total. The van der Waals surface area contributed by atoms with Crippen molar-refractivity contribution in [3.63, 3.8) is 0 Å². The Bertz CT molecular complexity index is 1250. The Morgan fingerprint density at radius 2 is 1.91 bits per heavy atom. The van der Waals surface area contributed by atoms with Crippen LogP contribution in [0.5, 0.6) is 0 Å². The lowest BCUT2D eigenvalue weighted by Crippen LogP contribution is -2.34. The van der Waals surface area contributed by atoms with Crippen LogP contribution in [0.2, 0.25) is 5.02 Å². The molecule has 8 heteroatoms. The number of piperidine rings is 1. The molecule has 2 aromatic heterocycles. The second-order valence-corrected chi connectivity index (χ2v) is 8.88. The Labute approximate surface area is 191 Å². The molecular weight excluding hydrogens is 428 g/mol. The molecule has 0 radical (unpaired) electrons. The second-order valence-electron chi connectivity index (χ2n) is 8.44. The molecule has 1 aliphatic rings. The van der Waals surface area contributed by atoms with Crippen molar-refractivity contribution in [3.05, 3.63) is 68.1 Å². The van der Waals surface area contributed by atoms with Crippen LogP contribution in [0.25, 0.3) is 5.65 Å². The Kier molecular flexibility index (Phi) is 6.11. The summed E-state index contributed by atoms with van der Waals surface area (Å²) in [6, 6.07) is 6.42. The average Bonchev–Trinajstić information content (AvgIpc) is 2.77. The second kappa shape index (κ2) is 8.82. The molecule has 0 bridgehead atoms. The summed E-state index contributed by atoms with van der Waals surface area (Å²) in [4.78, 5) is 32.1. The highest BCUT2D eigenvalue weighted by Crippen LogP contribution is 2.29. The fourth-order valence-electron chi connectivity index (χ4n) is 4.35.